The minimum Gasteiger partial charge on any atom is -0.493 e. The van der Waals surface area contributed by atoms with Crippen LogP contribution in [0, 0.1) is 11.8 Å². The number of hydrogen-bond acceptors (Lipinski definition) is 7. The minimum atomic E-state index is -1.55. The second-order valence-corrected chi connectivity index (χ2v) is 11.5. The molecule has 0 spiro atoms. The van der Waals surface area contributed by atoms with Gasteiger partial charge < -0.3 is 18.9 Å². The van der Waals surface area contributed by atoms with Crippen molar-refractivity contribution in [3.05, 3.63) is 97.1 Å². The second-order valence-electron chi connectivity index (χ2n) is 11.5. The number of ether oxygens (including phenoxy) is 4. The number of rotatable bonds is 14. The quantitative estimate of drug-likeness (QED) is 0.0304. The van der Waals surface area contributed by atoms with Gasteiger partial charge in [-0.3, -0.25) is 9.59 Å². The summed E-state index contributed by atoms with van der Waals surface area (Å²) in [7, 11) is 1.47. The molecule has 0 radical (unpaired) electrons. The zero-order valence-corrected chi connectivity index (χ0v) is 26.6. The highest BCUT2D eigenvalue weighted by Gasteiger charge is 2.62. The summed E-state index contributed by atoms with van der Waals surface area (Å²) in [5, 5.41) is 0. The highest BCUT2D eigenvalue weighted by molar-refractivity contribution is 5.83. The van der Waals surface area contributed by atoms with Crippen molar-refractivity contribution in [3.8, 4) is 11.5 Å². The van der Waals surface area contributed by atoms with Crippen LogP contribution in [0.3, 0.4) is 0 Å². The molecule has 0 amide bonds. The van der Waals surface area contributed by atoms with Crippen LogP contribution in [0.1, 0.15) is 70.8 Å². The maximum absolute atomic E-state index is 16.2. The van der Waals surface area contributed by atoms with Crippen LogP contribution >= 0.6 is 0 Å². The number of carbonyl (C=O) groups excluding carboxylic acids is 3. The molecule has 0 aromatic heterocycles. The Balaban J connectivity index is 0.00000130. The molecule has 4 bridgehead atoms. The largest absolute Gasteiger partial charge is 0.493 e. The Morgan fingerprint density at radius 3 is 2.42 bits per heavy atom. The summed E-state index contributed by atoms with van der Waals surface area (Å²) >= 11 is 0. The van der Waals surface area contributed by atoms with Gasteiger partial charge in [0.05, 0.1) is 7.11 Å². The van der Waals surface area contributed by atoms with Crippen LogP contribution in [-0.4, -0.2) is 36.5 Å². The molecule has 7 nitrogen and oxygen atoms in total. The molecule has 6 aliphatic rings. The number of benzene rings is 1. The summed E-state index contributed by atoms with van der Waals surface area (Å²) in [6.45, 7) is 14.6. The lowest BCUT2D eigenvalue weighted by atomic mass is 9.61. The van der Waals surface area contributed by atoms with E-state index in [0.717, 1.165) is 42.9 Å². The summed E-state index contributed by atoms with van der Waals surface area (Å²) < 4.78 is 39.7. The number of allylic oxidation sites excluding steroid dienone is 5. The van der Waals surface area contributed by atoms with E-state index >= 15 is 4.39 Å². The van der Waals surface area contributed by atoms with Crippen LogP contribution in [-0.2, 0) is 30.3 Å². The number of esters is 2. The maximum Gasteiger partial charge on any atom is 0.335 e. The third-order valence-electron chi connectivity index (χ3n) is 8.48. The van der Waals surface area contributed by atoms with Crippen molar-refractivity contribution >= 4 is 18.2 Å². The van der Waals surface area contributed by atoms with Gasteiger partial charge >= 0.3 is 11.9 Å². The van der Waals surface area contributed by atoms with Gasteiger partial charge in [-0.2, -0.15) is 0 Å². The molecule has 7 rings (SSSR count). The Morgan fingerprint density at radius 1 is 1.11 bits per heavy atom. The molecule has 0 N–H and O–H groups in total. The molecule has 4 atom stereocenters. The Morgan fingerprint density at radius 2 is 1.84 bits per heavy atom. The van der Waals surface area contributed by atoms with E-state index in [9.17, 15) is 9.59 Å². The van der Waals surface area contributed by atoms with Gasteiger partial charge in [0, 0.05) is 12.5 Å². The van der Waals surface area contributed by atoms with Gasteiger partial charge in [0.1, 0.15) is 17.9 Å². The third kappa shape index (κ3) is 8.29. The Labute approximate surface area is 266 Å². The first-order chi connectivity index (χ1) is 21.6. The first-order valence-corrected chi connectivity index (χ1v) is 15.5. The predicted octanol–water partition coefficient (Wildman–Crippen LogP) is 8.02. The van der Waals surface area contributed by atoms with Crippen LogP contribution in [0.25, 0.3) is 0 Å². The molecular weight excluding hydrogens is 575 g/mol. The standard InChI is InChI=1S/C34H41FO6.C3H4O/c1-6-8-9-10-27(23(3)4)40-33-18-15-25(16-19-33)26-17-20-34(33,30(35)22-26)41-32(37)14-12-24-11-13-28(29(21-24)38-5)39-31(36)7-2;1-2-3-4/h7,10-11,13,15,18,21-22,25-26H,2-3,6,8-9,12,14,16-17,19-20H2,1,4-5H3;2-3H,1H2/b27-10-;/t25?,26?,33-,34?;/m0./s1. The lowest BCUT2D eigenvalue weighted by molar-refractivity contribution is -0.195. The third-order valence-corrected chi connectivity index (χ3v) is 8.48. The highest BCUT2D eigenvalue weighted by Crippen LogP contribution is 2.56. The van der Waals surface area contributed by atoms with E-state index in [0.29, 0.717) is 43.5 Å². The van der Waals surface area contributed by atoms with E-state index in [1.807, 2.05) is 19.1 Å². The van der Waals surface area contributed by atoms with Crippen LogP contribution in [0.2, 0.25) is 0 Å². The van der Waals surface area contributed by atoms with Crippen molar-refractivity contribution in [1.82, 2.24) is 0 Å². The number of aldehydes is 1. The number of carbonyl (C=O) groups is 3. The first kappa shape index (κ1) is 35.3. The molecular formula is C37H45FO7. The molecule has 0 aliphatic heterocycles. The summed E-state index contributed by atoms with van der Waals surface area (Å²) in [5.74, 6) is 0.0101. The van der Waals surface area contributed by atoms with E-state index in [4.69, 9.17) is 23.7 Å². The fourth-order valence-corrected chi connectivity index (χ4v) is 6.06. The zero-order valence-electron chi connectivity index (χ0n) is 26.6. The normalized spacial score (nSPS) is 24.5. The highest BCUT2D eigenvalue weighted by atomic mass is 19.1. The molecule has 3 unspecified atom stereocenters. The molecule has 0 saturated heterocycles. The number of aryl methyl sites for hydroxylation is 1. The van der Waals surface area contributed by atoms with Crippen LogP contribution in [0.5, 0.6) is 11.5 Å². The topological polar surface area (TPSA) is 88.1 Å². The zero-order chi connectivity index (χ0) is 33.0. The predicted molar refractivity (Wildman–Crippen MR) is 172 cm³/mol. The monoisotopic (exact) mass is 620 g/mol. The number of methoxy groups -OCH3 is 1. The fourth-order valence-electron chi connectivity index (χ4n) is 6.06. The lowest BCUT2D eigenvalue weighted by Crippen LogP contribution is -2.61. The molecule has 6 aliphatic carbocycles. The molecule has 8 heteroatoms. The van der Waals surface area contributed by atoms with Crippen molar-refractivity contribution in [2.24, 2.45) is 11.8 Å². The van der Waals surface area contributed by atoms with E-state index in [2.05, 4.69) is 32.7 Å². The van der Waals surface area contributed by atoms with Crippen molar-refractivity contribution in [2.75, 3.05) is 7.11 Å². The Kier molecular flexibility index (Phi) is 12.7. The van der Waals surface area contributed by atoms with Gasteiger partial charge in [0.25, 0.3) is 0 Å². The lowest BCUT2D eigenvalue weighted by Gasteiger charge is -2.54. The van der Waals surface area contributed by atoms with Crippen LogP contribution in [0.4, 0.5) is 4.39 Å². The maximum atomic E-state index is 16.2. The smallest absolute Gasteiger partial charge is 0.335 e. The van der Waals surface area contributed by atoms with E-state index in [1.54, 1.807) is 24.3 Å². The SMILES string of the molecule is C=CC(=O)Oc1ccc(CCC(=O)OC23CCC(C=C2F)C2C=C[C@]3(O/C(=C\CCCC)C(=C)C)CC2)cc1OC.C=CC=O. The van der Waals surface area contributed by atoms with Gasteiger partial charge in [-0.25, -0.2) is 9.18 Å². The van der Waals surface area contributed by atoms with E-state index < -0.39 is 29.0 Å². The number of halogens is 1. The molecule has 1 saturated carbocycles. The fraction of sp³-hybridized carbons (Fsp3) is 0.432. The average Bonchev–Trinajstić information content (AvgIpc) is 3.04. The Bertz CT molecular complexity index is 1370. The van der Waals surface area contributed by atoms with Gasteiger partial charge in [-0.05, 0) is 111 Å². The first-order valence-electron chi connectivity index (χ1n) is 15.5. The van der Waals surface area contributed by atoms with Crippen molar-refractivity contribution < 1.29 is 37.7 Å². The van der Waals surface area contributed by atoms with Gasteiger partial charge in [-0.15, -0.1) is 0 Å². The molecule has 242 valence electrons. The van der Waals surface area contributed by atoms with Gasteiger partial charge in [0.2, 0.25) is 5.60 Å². The average molecular weight is 621 g/mol. The van der Waals surface area contributed by atoms with Crippen LogP contribution < -0.4 is 9.47 Å². The number of unbranched alkanes of at least 4 members (excludes halogenated alkanes) is 2. The van der Waals surface area contributed by atoms with Crippen molar-refractivity contribution in [1.29, 1.82) is 0 Å². The second kappa shape index (κ2) is 16.2. The molecule has 1 aromatic carbocycles. The minimum absolute atomic E-state index is 0.0233. The van der Waals surface area contributed by atoms with Gasteiger partial charge in [0.15, 0.2) is 17.1 Å². The van der Waals surface area contributed by atoms with E-state index in [-0.39, 0.29) is 24.0 Å². The van der Waals surface area contributed by atoms with E-state index in [1.165, 1.54) is 13.2 Å². The Hall–Kier alpha value is -4.20. The number of hydrogen-bond donors (Lipinski definition) is 0. The van der Waals surface area contributed by atoms with Crippen molar-refractivity contribution in [3.63, 3.8) is 0 Å². The summed E-state index contributed by atoms with van der Waals surface area (Å²) in [5.41, 5.74) is -1.19. The molecule has 0 heterocycles. The molecule has 45 heavy (non-hydrogen) atoms. The molecule has 1 aromatic rings. The summed E-state index contributed by atoms with van der Waals surface area (Å²) in [6, 6.07) is 5.05. The van der Waals surface area contributed by atoms with Crippen LogP contribution in [0.15, 0.2) is 91.6 Å². The summed E-state index contributed by atoms with van der Waals surface area (Å²) in [4.78, 5) is 34.1. The summed E-state index contributed by atoms with van der Waals surface area (Å²) in [6.07, 6.45) is 16.3. The van der Waals surface area contributed by atoms with Crippen molar-refractivity contribution in [2.45, 2.75) is 82.8 Å². The molecule has 1 fully saturated rings. The van der Waals surface area contributed by atoms with Gasteiger partial charge in [-0.1, -0.05) is 45.2 Å².